The molecule has 0 bridgehead atoms. The monoisotopic (exact) mass is 242 g/mol. The van der Waals surface area contributed by atoms with E-state index in [1.54, 1.807) is 0 Å². The molecular weight excluding hydrogens is 228 g/mol. The highest BCUT2D eigenvalue weighted by atomic mass is 35.5. The zero-order valence-corrected chi connectivity index (χ0v) is 10.2. The summed E-state index contributed by atoms with van der Waals surface area (Å²) in [6, 6.07) is 1.91. The molecule has 3 nitrogen and oxygen atoms in total. The van der Waals surface area contributed by atoms with Gasteiger partial charge in [0, 0.05) is 12.5 Å². The molecule has 0 spiro atoms. The van der Waals surface area contributed by atoms with Gasteiger partial charge >= 0.3 is 0 Å². The molecule has 88 valence electrons. The fraction of sp³-hybridized carbons (Fsp3) is 0.500. The Morgan fingerprint density at radius 2 is 2.12 bits per heavy atom. The van der Waals surface area contributed by atoms with Crippen LogP contribution in [0.4, 0.5) is 0 Å². The average Bonchev–Trinajstić information content (AvgIpc) is 2.33. The van der Waals surface area contributed by atoms with Gasteiger partial charge in [-0.15, -0.1) is 0 Å². The van der Waals surface area contributed by atoms with Crippen LogP contribution in [-0.2, 0) is 0 Å². The maximum absolute atomic E-state index is 9.19. The number of halogens is 1. The van der Waals surface area contributed by atoms with Crippen LogP contribution in [0, 0.1) is 6.92 Å². The first-order valence-electron chi connectivity index (χ1n) is 5.34. The summed E-state index contributed by atoms with van der Waals surface area (Å²) in [6.45, 7) is 5.05. The highest BCUT2D eigenvalue weighted by Gasteiger charge is 2.21. The van der Waals surface area contributed by atoms with Gasteiger partial charge in [-0.25, -0.2) is 0 Å². The Morgan fingerprint density at radius 1 is 1.44 bits per heavy atom. The summed E-state index contributed by atoms with van der Waals surface area (Å²) < 4.78 is 11.0. The van der Waals surface area contributed by atoms with E-state index in [1.165, 1.54) is 0 Å². The van der Waals surface area contributed by atoms with Gasteiger partial charge in [0.05, 0.1) is 5.02 Å². The normalized spacial score (nSPS) is 16.0. The third kappa shape index (κ3) is 1.85. The zero-order chi connectivity index (χ0) is 11.7. The van der Waals surface area contributed by atoms with Gasteiger partial charge in [0.25, 0.3) is 0 Å². The standard InChI is InChI=1S/C12H15ClO3/c1-7(6-14)9-5-10-12(11(13)8(9)2)16-4-3-15-10/h5,7,14H,3-4,6H2,1-2H3. The molecule has 1 atom stereocenters. The summed E-state index contributed by atoms with van der Waals surface area (Å²) in [7, 11) is 0. The van der Waals surface area contributed by atoms with Gasteiger partial charge < -0.3 is 14.6 Å². The Kier molecular flexibility index (Phi) is 3.26. The Hall–Kier alpha value is -0.930. The molecule has 1 aromatic carbocycles. The Balaban J connectivity index is 2.52. The number of aliphatic hydroxyl groups is 1. The van der Waals surface area contributed by atoms with Crippen molar-refractivity contribution >= 4 is 11.6 Å². The number of fused-ring (bicyclic) bond motifs is 1. The van der Waals surface area contributed by atoms with Gasteiger partial charge in [-0.1, -0.05) is 18.5 Å². The van der Waals surface area contributed by atoms with Crippen molar-refractivity contribution in [2.45, 2.75) is 19.8 Å². The van der Waals surface area contributed by atoms with Crippen molar-refractivity contribution in [3.8, 4) is 11.5 Å². The van der Waals surface area contributed by atoms with Crippen LogP contribution < -0.4 is 9.47 Å². The molecule has 0 radical (unpaired) electrons. The molecule has 0 amide bonds. The predicted molar refractivity (Wildman–Crippen MR) is 62.7 cm³/mol. The van der Waals surface area contributed by atoms with Crippen molar-refractivity contribution in [3.05, 3.63) is 22.2 Å². The maximum atomic E-state index is 9.19. The van der Waals surface area contributed by atoms with E-state index in [9.17, 15) is 5.11 Å². The molecule has 0 aromatic heterocycles. The first-order chi connectivity index (χ1) is 7.65. The molecule has 1 heterocycles. The summed E-state index contributed by atoms with van der Waals surface area (Å²) in [5.74, 6) is 1.35. The molecule has 1 N–H and O–H groups in total. The number of rotatable bonds is 2. The van der Waals surface area contributed by atoms with Crippen LogP contribution in [0.3, 0.4) is 0 Å². The molecule has 4 heteroatoms. The van der Waals surface area contributed by atoms with E-state index in [1.807, 2.05) is 19.9 Å². The minimum atomic E-state index is 0.0494. The van der Waals surface area contributed by atoms with E-state index in [0.29, 0.717) is 29.7 Å². The zero-order valence-electron chi connectivity index (χ0n) is 9.42. The topological polar surface area (TPSA) is 38.7 Å². The molecule has 1 aromatic rings. The van der Waals surface area contributed by atoms with E-state index in [2.05, 4.69) is 0 Å². The number of benzene rings is 1. The van der Waals surface area contributed by atoms with Gasteiger partial charge in [0.1, 0.15) is 13.2 Å². The minimum absolute atomic E-state index is 0.0494. The Bertz CT molecular complexity index is 404. The smallest absolute Gasteiger partial charge is 0.180 e. The Labute approximate surface area is 99.9 Å². The Morgan fingerprint density at radius 3 is 2.81 bits per heavy atom. The molecule has 0 aliphatic carbocycles. The number of hydrogen-bond donors (Lipinski definition) is 1. The molecule has 1 aliphatic rings. The van der Waals surface area contributed by atoms with E-state index >= 15 is 0 Å². The SMILES string of the molecule is Cc1c(C(C)CO)cc2c(c1Cl)OCCO2. The summed E-state index contributed by atoms with van der Waals surface area (Å²) in [4.78, 5) is 0. The lowest BCUT2D eigenvalue weighted by Crippen LogP contribution is -2.17. The first-order valence-corrected chi connectivity index (χ1v) is 5.72. The quantitative estimate of drug-likeness (QED) is 0.866. The van der Waals surface area contributed by atoms with Crippen LogP contribution in [0.2, 0.25) is 5.02 Å². The molecule has 0 saturated heterocycles. The maximum Gasteiger partial charge on any atom is 0.180 e. The second-order valence-corrected chi connectivity index (χ2v) is 4.39. The van der Waals surface area contributed by atoms with Crippen molar-refractivity contribution < 1.29 is 14.6 Å². The second-order valence-electron chi connectivity index (χ2n) is 4.01. The van der Waals surface area contributed by atoms with Gasteiger partial charge in [-0.05, 0) is 24.1 Å². The summed E-state index contributed by atoms with van der Waals surface area (Å²) in [5, 5.41) is 9.78. The lowest BCUT2D eigenvalue weighted by Gasteiger charge is -2.23. The predicted octanol–water partition coefficient (Wildman–Crippen LogP) is 2.52. The third-order valence-corrected chi connectivity index (χ3v) is 3.32. The molecule has 1 unspecified atom stereocenters. The van der Waals surface area contributed by atoms with Crippen molar-refractivity contribution in [1.29, 1.82) is 0 Å². The number of hydrogen-bond acceptors (Lipinski definition) is 3. The second kappa shape index (κ2) is 4.52. The summed E-state index contributed by atoms with van der Waals surface area (Å²) in [6.07, 6.45) is 0. The van der Waals surface area contributed by atoms with Crippen molar-refractivity contribution in [1.82, 2.24) is 0 Å². The molecule has 0 fully saturated rings. The average molecular weight is 243 g/mol. The van der Waals surface area contributed by atoms with Crippen LogP contribution in [0.25, 0.3) is 0 Å². The van der Waals surface area contributed by atoms with Gasteiger partial charge in [0.15, 0.2) is 11.5 Å². The van der Waals surface area contributed by atoms with Gasteiger partial charge in [-0.3, -0.25) is 0 Å². The summed E-state index contributed by atoms with van der Waals surface area (Å²) in [5.41, 5.74) is 1.96. The number of aliphatic hydroxyl groups excluding tert-OH is 1. The molecule has 0 saturated carbocycles. The third-order valence-electron chi connectivity index (χ3n) is 2.86. The van der Waals surface area contributed by atoms with Crippen LogP contribution in [-0.4, -0.2) is 24.9 Å². The lowest BCUT2D eigenvalue weighted by atomic mass is 9.96. The van der Waals surface area contributed by atoms with Crippen molar-refractivity contribution in [2.24, 2.45) is 0 Å². The molecule has 2 rings (SSSR count). The van der Waals surface area contributed by atoms with Gasteiger partial charge in [0.2, 0.25) is 0 Å². The van der Waals surface area contributed by atoms with E-state index in [0.717, 1.165) is 11.1 Å². The van der Waals surface area contributed by atoms with Crippen molar-refractivity contribution in [2.75, 3.05) is 19.8 Å². The summed E-state index contributed by atoms with van der Waals surface area (Å²) >= 11 is 6.23. The first kappa shape index (κ1) is 11.6. The number of ether oxygens (including phenoxy) is 2. The van der Waals surface area contributed by atoms with Crippen LogP contribution >= 0.6 is 11.6 Å². The molecule has 1 aliphatic heterocycles. The van der Waals surface area contributed by atoms with Gasteiger partial charge in [-0.2, -0.15) is 0 Å². The van der Waals surface area contributed by atoms with Crippen LogP contribution in [0.1, 0.15) is 24.0 Å². The highest BCUT2D eigenvalue weighted by molar-refractivity contribution is 6.33. The van der Waals surface area contributed by atoms with Crippen LogP contribution in [0.15, 0.2) is 6.07 Å². The van der Waals surface area contributed by atoms with E-state index in [-0.39, 0.29) is 12.5 Å². The van der Waals surface area contributed by atoms with E-state index in [4.69, 9.17) is 21.1 Å². The minimum Gasteiger partial charge on any atom is -0.486 e. The molecular formula is C12H15ClO3. The van der Waals surface area contributed by atoms with Crippen LogP contribution in [0.5, 0.6) is 11.5 Å². The van der Waals surface area contributed by atoms with E-state index < -0.39 is 0 Å². The van der Waals surface area contributed by atoms with Crippen molar-refractivity contribution in [3.63, 3.8) is 0 Å². The fourth-order valence-electron chi connectivity index (χ4n) is 1.87. The molecule has 16 heavy (non-hydrogen) atoms. The highest BCUT2D eigenvalue weighted by Crippen LogP contribution is 2.42. The largest absolute Gasteiger partial charge is 0.486 e. The lowest BCUT2D eigenvalue weighted by molar-refractivity contribution is 0.171. The fourth-order valence-corrected chi connectivity index (χ4v) is 2.12.